The van der Waals surface area contributed by atoms with Gasteiger partial charge < -0.3 is 10.1 Å². The molecule has 2 aromatic rings. The monoisotopic (exact) mass is 420 g/mol. The van der Waals surface area contributed by atoms with Crippen molar-refractivity contribution in [1.82, 2.24) is 5.32 Å². The molecule has 0 aromatic heterocycles. The Morgan fingerprint density at radius 3 is 2.31 bits per heavy atom. The first kappa shape index (κ1) is 21.1. The van der Waals surface area contributed by atoms with Gasteiger partial charge in [0.05, 0.1) is 17.2 Å². The molecule has 0 atom stereocenters. The van der Waals surface area contributed by atoms with Crippen molar-refractivity contribution in [2.45, 2.75) is 43.5 Å². The van der Waals surface area contributed by atoms with Gasteiger partial charge in [0.25, 0.3) is 10.0 Å². The van der Waals surface area contributed by atoms with Crippen molar-refractivity contribution >= 4 is 21.6 Å². The molecule has 1 amide bonds. The molecule has 156 valence electrons. The highest BCUT2D eigenvalue weighted by atomic mass is 32.2. The van der Waals surface area contributed by atoms with E-state index in [1.807, 2.05) is 6.92 Å². The minimum atomic E-state index is -4.03. The van der Waals surface area contributed by atoms with Crippen LogP contribution in [0.25, 0.3) is 0 Å². The molecule has 3 rings (SSSR count). The number of nitrogens with zero attached hydrogens (tertiary/aromatic N) is 1. The van der Waals surface area contributed by atoms with E-state index in [1.54, 1.807) is 12.1 Å². The van der Waals surface area contributed by atoms with Gasteiger partial charge in [0, 0.05) is 6.04 Å². The van der Waals surface area contributed by atoms with E-state index < -0.39 is 15.8 Å². The second-order valence-corrected chi connectivity index (χ2v) is 8.80. The van der Waals surface area contributed by atoms with E-state index >= 15 is 0 Å². The molecule has 0 saturated heterocycles. The van der Waals surface area contributed by atoms with Crippen LogP contribution in [0.3, 0.4) is 0 Å². The lowest BCUT2D eigenvalue weighted by Crippen LogP contribution is -2.43. The largest absolute Gasteiger partial charge is 0.494 e. The van der Waals surface area contributed by atoms with E-state index in [4.69, 9.17) is 4.74 Å². The van der Waals surface area contributed by atoms with E-state index in [2.05, 4.69) is 5.32 Å². The quantitative estimate of drug-likeness (QED) is 0.709. The molecule has 1 fully saturated rings. The van der Waals surface area contributed by atoms with Crippen LogP contribution in [0.2, 0.25) is 0 Å². The lowest BCUT2D eigenvalue weighted by Gasteiger charge is -2.25. The maximum atomic E-state index is 13.4. The highest BCUT2D eigenvalue weighted by Crippen LogP contribution is 2.26. The van der Waals surface area contributed by atoms with Crippen LogP contribution in [0.1, 0.15) is 32.6 Å². The number of carbonyl (C=O) groups is 1. The smallest absolute Gasteiger partial charge is 0.264 e. The maximum Gasteiger partial charge on any atom is 0.264 e. The number of anilines is 1. The van der Waals surface area contributed by atoms with Crippen molar-refractivity contribution in [2.75, 3.05) is 17.5 Å². The van der Waals surface area contributed by atoms with Crippen LogP contribution in [0, 0.1) is 5.82 Å². The van der Waals surface area contributed by atoms with Crippen LogP contribution < -0.4 is 14.4 Å². The van der Waals surface area contributed by atoms with Crippen LogP contribution in [0.15, 0.2) is 53.4 Å². The highest BCUT2D eigenvalue weighted by Gasteiger charge is 2.28. The zero-order valence-corrected chi connectivity index (χ0v) is 17.1. The van der Waals surface area contributed by atoms with E-state index in [0.29, 0.717) is 12.4 Å². The van der Waals surface area contributed by atoms with Crippen LogP contribution in [0.4, 0.5) is 10.1 Å². The van der Waals surface area contributed by atoms with Gasteiger partial charge in [0.15, 0.2) is 0 Å². The number of sulfonamides is 1. The molecular weight excluding hydrogens is 395 g/mol. The summed E-state index contributed by atoms with van der Waals surface area (Å²) < 4.78 is 46.3. The van der Waals surface area contributed by atoms with Crippen molar-refractivity contribution in [2.24, 2.45) is 0 Å². The van der Waals surface area contributed by atoms with Gasteiger partial charge in [-0.05, 0) is 68.3 Å². The van der Waals surface area contributed by atoms with E-state index in [-0.39, 0.29) is 29.1 Å². The number of carbonyl (C=O) groups excluding carboxylic acids is 1. The number of hydrogen-bond donors (Lipinski definition) is 1. The molecule has 1 aliphatic carbocycles. The van der Waals surface area contributed by atoms with E-state index in [0.717, 1.165) is 30.0 Å². The molecule has 0 heterocycles. The fourth-order valence-corrected chi connectivity index (χ4v) is 4.82. The topological polar surface area (TPSA) is 75.7 Å². The first-order valence-electron chi connectivity index (χ1n) is 9.70. The molecule has 1 aliphatic rings. The molecule has 0 radical (unpaired) electrons. The molecule has 29 heavy (non-hydrogen) atoms. The summed E-state index contributed by atoms with van der Waals surface area (Å²) in [4.78, 5) is 12.6. The summed E-state index contributed by atoms with van der Waals surface area (Å²) in [5, 5.41) is 2.90. The fourth-order valence-electron chi connectivity index (χ4n) is 3.40. The predicted octanol–water partition coefficient (Wildman–Crippen LogP) is 3.48. The molecule has 1 saturated carbocycles. The number of rotatable bonds is 8. The van der Waals surface area contributed by atoms with Crippen molar-refractivity contribution in [3.05, 3.63) is 54.3 Å². The Morgan fingerprint density at radius 2 is 1.72 bits per heavy atom. The SMILES string of the molecule is CCOc1ccc(S(=O)(=O)N(CC(=O)NC2CCCC2)c2ccc(F)cc2)cc1. The average Bonchev–Trinajstić information content (AvgIpc) is 3.20. The molecule has 8 heteroatoms. The third kappa shape index (κ3) is 5.26. The number of hydrogen-bond acceptors (Lipinski definition) is 4. The van der Waals surface area contributed by atoms with Gasteiger partial charge in [-0.1, -0.05) is 12.8 Å². The third-order valence-corrected chi connectivity index (χ3v) is 6.63. The van der Waals surface area contributed by atoms with Crippen LogP contribution >= 0.6 is 0 Å². The molecule has 0 unspecified atom stereocenters. The van der Waals surface area contributed by atoms with Crippen molar-refractivity contribution in [3.8, 4) is 5.75 Å². The number of nitrogens with one attached hydrogen (secondary N) is 1. The Balaban J connectivity index is 1.88. The first-order chi connectivity index (χ1) is 13.9. The summed E-state index contributed by atoms with van der Waals surface area (Å²) in [7, 11) is -4.03. The summed E-state index contributed by atoms with van der Waals surface area (Å²) in [5.41, 5.74) is 0.224. The number of halogens is 1. The fraction of sp³-hybridized carbons (Fsp3) is 0.381. The zero-order valence-electron chi connectivity index (χ0n) is 16.3. The lowest BCUT2D eigenvalue weighted by molar-refractivity contribution is -0.120. The molecule has 1 N–H and O–H groups in total. The molecule has 0 aliphatic heterocycles. The zero-order chi connectivity index (χ0) is 20.9. The number of benzene rings is 2. The summed E-state index contributed by atoms with van der Waals surface area (Å²) in [6.07, 6.45) is 3.90. The second-order valence-electron chi connectivity index (χ2n) is 6.94. The minimum Gasteiger partial charge on any atom is -0.494 e. The Kier molecular flexibility index (Phi) is 6.74. The van der Waals surface area contributed by atoms with E-state index in [1.165, 1.54) is 36.4 Å². The van der Waals surface area contributed by atoms with Gasteiger partial charge in [-0.15, -0.1) is 0 Å². The average molecular weight is 421 g/mol. The molecular formula is C21H25FN2O4S. The van der Waals surface area contributed by atoms with Gasteiger partial charge in [0.2, 0.25) is 5.91 Å². The van der Waals surface area contributed by atoms with Gasteiger partial charge in [-0.25, -0.2) is 12.8 Å². The molecule has 0 bridgehead atoms. The summed E-state index contributed by atoms with van der Waals surface area (Å²) in [6.45, 7) is 1.93. The van der Waals surface area contributed by atoms with Gasteiger partial charge in [-0.3, -0.25) is 9.10 Å². The first-order valence-corrected chi connectivity index (χ1v) is 11.1. The van der Waals surface area contributed by atoms with Crippen LogP contribution in [-0.4, -0.2) is 33.5 Å². The van der Waals surface area contributed by atoms with Gasteiger partial charge in [-0.2, -0.15) is 0 Å². The summed E-state index contributed by atoms with van der Waals surface area (Å²) in [5.74, 6) is -0.308. The Labute approximate surface area is 170 Å². The Bertz CT molecular complexity index is 924. The van der Waals surface area contributed by atoms with Crippen molar-refractivity contribution in [3.63, 3.8) is 0 Å². The lowest BCUT2D eigenvalue weighted by atomic mass is 10.2. The molecule has 0 spiro atoms. The number of amides is 1. The summed E-state index contributed by atoms with van der Waals surface area (Å²) in [6, 6.07) is 11.1. The Morgan fingerprint density at radius 1 is 1.10 bits per heavy atom. The molecule has 2 aromatic carbocycles. The third-order valence-electron chi connectivity index (χ3n) is 4.84. The van der Waals surface area contributed by atoms with Gasteiger partial charge >= 0.3 is 0 Å². The normalized spacial score (nSPS) is 14.6. The van der Waals surface area contributed by atoms with Crippen LogP contribution in [0.5, 0.6) is 5.75 Å². The predicted molar refractivity (Wildman–Crippen MR) is 109 cm³/mol. The number of ether oxygens (including phenoxy) is 1. The summed E-state index contributed by atoms with van der Waals surface area (Å²) >= 11 is 0. The highest BCUT2D eigenvalue weighted by molar-refractivity contribution is 7.92. The van der Waals surface area contributed by atoms with Gasteiger partial charge in [0.1, 0.15) is 18.1 Å². The Hall–Kier alpha value is -2.61. The van der Waals surface area contributed by atoms with Crippen molar-refractivity contribution in [1.29, 1.82) is 0 Å². The van der Waals surface area contributed by atoms with Crippen molar-refractivity contribution < 1.29 is 22.3 Å². The standard InChI is InChI=1S/C21H25FN2O4S/c1-2-28-19-11-13-20(14-12-19)29(26,27)24(18-9-7-16(22)8-10-18)15-21(25)23-17-5-3-4-6-17/h7-14,17H,2-6,15H2,1H3,(H,23,25). The van der Waals surface area contributed by atoms with E-state index in [9.17, 15) is 17.6 Å². The minimum absolute atomic E-state index is 0.0268. The molecule has 6 nitrogen and oxygen atoms in total. The maximum absolute atomic E-state index is 13.4. The van der Waals surface area contributed by atoms with Crippen LogP contribution in [-0.2, 0) is 14.8 Å². The second kappa shape index (κ2) is 9.26.